The normalized spacial score (nSPS) is 12.4. The van der Waals surface area contributed by atoms with Crippen LogP contribution < -0.4 is 5.32 Å². The third-order valence-corrected chi connectivity index (χ3v) is 3.30. The van der Waals surface area contributed by atoms with Crippen LogP contribution in [0.1, 0.15) is 28.4 Å². The van der Waals surface area contributed by atoms with Crippen LogP contribution in [0.25, 0.3) is 0 Å². The lowest BCUT2D eigenvalue weighted by atomic mass is 9.95. The van der Waals surface area contributed by atoms with E-state index in [1.165, 1.54) is 16.7 Å². The van der Waals surface area contributed by atoms with Gasteiger partial charge in [0, 0.05) is 24.4 Å². The first-order valence-electron chi connectivity index (χ1n) is 6.35. The summed E-state index contributed by atoms with van der Waals surface area (Å²) in [5, 5.41) is 3.39. The molecule has 1 aromatic heterocycles. The monoisotopic (exact) mass is 240 g/mol. The van der Waals surface area contributed by atoms with Gasteiger partial charge >= 0.3 is 0 Å². The van der Waals surface area contributed by atoms with Crippen LogP contribution in [0.4, 0.5) is 0 Å². The van der Waals surface area contributed by atoms with Crippen LogP contribution in [0.2, 0.25) is 0 Å². The van der Waals surface area contributed by atoms with Crippen molar-refractivity contribution in [3.8, 4) is 0 Å². The molecule has 0 bridgehead atoms. The molecule has 2 heteroatoms. The summed E-state index contributed by atoms with van der Waals surface area (Å²) in [5.41, 5.74) is 5.12. The van der Waals surface area contributed by atoms with Crippen molar-refractivity contribution in [3.63, 3.8) is 0 Å². The zero-order valence-corrected chi connectivity index (χ0v) is 11.3. The molecule has 2 aromatic rings. The number of nitrogens with zero attached hydrogens (tertiary/aromatic N) is 1. The number of benzene rings is 1. The van der Waals surface area contributed by atoms with E-state index in [2.05, 4.69) is 48.4 Å². The summed E-state index contributed by atoms with van der Waals surface area (Å²) < 4.78 is 0. The summed E-state index contributed by atoms with van der Waals surface area (Å²) in [6.07, 6.45) is 2.77. The average Bonchev–Trinajstić information content (AvgIpc) is 2.40. The van der Waals surface area contributed by atoms with E-state index >= 15 is 0 Å². The van der Waals surface area contributed by atoms with Gasteiger partial charge in [-0.05, 0) is 44.2 Å². The Hall–Kier alpha value is -1.67. The molecule has 18 heavy (non-hydrogen) atoms. The first-order chi connectivity index (χ1) is 8.70. The van der Waals surface area contributed by atoms with E-state index in [1.807, 2.05) is 25.4 Å². The van der Waals surface area contributed by atoms with Crippen LogP contribution >= 0.6 is 0 Å². The minimum Gasteiger partial charge on any atom is -0.313 e. The lowest BCUT2D eigenvalue weighted by molar-refractivity contribution is 0.581. The van der Waals surface area contributed by atoms with E-state index in [1.54, 1.807) is 0 Å². The summed E-state index contributed by atoms with van der Waals surface area (Å²) in [7, 11) is 2.01. The summed E-state index contributed by atoms with van der Waals surface area (Å²) in [4.78, 5) is 4.40. The molecule has 0 saturated carbocycles. The highest BCUT2D eigenvalue weighted by Gasteiger charge is 2.13. The topological polar surface area (TPSA) is 24.9 Å². The number of rotatable bonds is 4. The van der Waals surface area contributed by atoms with E-state index in [-0.39, 0.29) is 0 Å². The number of likely N-dealkylation sites (N-methyl/N-ethyl adjacent to an activating group) is 1. The molecular formula is C16H20N2. The molecule has 0 saturated heterocycles. The largest absolute Gasteiger partial charge is 0.313 e. The molecule has 0 aliphatic rings. The van der Waals surface area contributed by atoms with Crippen LogP contribution in [-0.4, -0.2) is 12.0 Å². The minimum atomic E-state index is 0.319. The van der Waals surface area contributed by atoms with Gasteiger partial charge in [0.25, 0.3) is 0 Å². The molecule has 1 atom stereocenters. The number of aromatic nitrogens is 1. The third-order valence-electron chi connectivity index (χ3n) is 3.30. The smallest absolute Gasteiger partial charge is 0.0422 e. The molecule has 0 fully saturated rings. The SMILES string of the molecule is CNC(Cc1ccccn1)c1cc(C)ccc1C. The fraction of sp³-hybridized carbons (Fsp3) is 0.312. The zero-order chi connectivity index (χ0) is 13.0. The number of aryl methyl sites for hydroxylation is 2. The molecule has 0 spiro atoms. The van der Waals surface area contributed by atoms with Gasteiger partial charge < -0.3 is 5.32 Å². The highest BCUT2D eigenvalue weighted by molar-refractivity contribution is 5.33. The maximum atomic E-state index is 4.40. The number of pyridine rings is 1. The van der Waals surface area contributed by atoms with Crippen LogP contribution in [0, 0.1) is 13.8 Å². The Labute approximate surface area is 109 Å². The molecule has 0 aliphatic carbocycles. The van der Waals surface area contributed by atoms with Crippen molar-refractivity contribution in [1.29, 1.82) is 0 Å². The van der Waals surface area contributed by atoms with Crippen molar-refractivity contribution < 1.29 is 0 Å². The van der Waals surface area contributed by atoms with Crippen molar-refractivity contribution in [1.82, 2.24) is 10.3 Å². The fourth-order valence-corrected chi connectivity index (χ4v) is 2.23. The number of nitrogens with one attached hydrogen (secondary N) is 1. The molecule has 1 unspecified atom stereocenters. The molecule has 1 heterocycles. The second kappa shape index (κ2) is 5.78. The molecule has 0 amide bonds. The second-order valence-corrected chi connectivity index (χ2v) is 4.73. The Bertz CT molecular complexity index is 506. The van der Waals surface area contributed by atoms with Gasteiger partial charge in [0.1, 0.15) is 0 Å². The highest BCUT2D eigenvalue weighted by Crippen LogP contribution is 2.22. The van der Waals surface area contributed by atoms with Gasteiger partial charge in [-0.15, -0.1) is 0 Å². The molecule has 1 aromatic carbocycles. The summed E-state index contributed by atoms with van der Waals surface area (Å²) in [6.45, 7) is 4.30. The maximum Gasteiger partial charge on any atom is 0.0422 e. The van der Waals surface area contributed by atoms with Gasteiger partial charge in [-0.3, -0.25) is 4.98 Å². The van der Waals surface area contributed by atoms with Crippen molar-refractivity contribution in [2.45, 2.75) is 26.3 Å². The van der Waals surface area contributed by atoms with E-state index in [9.17, 15) is 0 Å². The molecule has 94 valence electrons. The first-order valence-corrected chi connectivity index (χ1v) is 6.35. The predicted molar refractivity (Wildman–Crippen MR) is 75.7 cm³/mol. The molecule has 2 rings (SSSR count). The van der Waals surface area contributed by atoms with Crippen LogP contribution in [0.5, 0.6) is 0 Å². The van der Waals surface area contributed by atoms with E-state index in [0.29, 0.717) is 6.04 Å². The van der Waals surface area contributed by atoms with Crippen LogP contribution in [0.3, 0.4) is 0 Å². The molecule has 1 N–H and O–H groups in total. The third kappa shape index (κ3) is 2.96. The fourth-order valence-electron chi connectivity index (χ4n) is 2.23. The van der Waals surface area contributed by atoms with Crippen molar-refractivity contribution >= 4 is 0 Å². The Balaban J connectivity index is 2.26. The number of hydrogen-bond donors (Lipinski definition) is 1. The lowest BCUT2D eigenvalue weighted by Gasteiger charge is -2.19. The van der Waals surface area contributed by atoms with E-state index in [4.69, 9.17) is 0 Å². The van der Waals surface area contributed by atoms with Crippen LogP contribution in [-0.2, 0) is 6.42 Å². The van der Waals surface area contributed by atoms with Gasteiger partial charge in [-0.2, -0.15) is 0 Å². The molecule has 0 radical (unpaired) electrons. The Morgan fingerprint density at radius 3 is 2.67 bits per heavy atom. The minimum absolute atomic E-state index is 0.319. The maximum absolute atomic E-state index is 4.40. The molecular weight excluding hydrogens is 220 g/mol. The predicted octanol–water partition coefficient (Wildman–Crippen LogP) is 3.20. The summed E-state index contributed by atoms with van der Waals surface area (Å²) >= 11 is 0. The van der Waals surface area contributed by atoms with Gasteiger partial charge in [0.15, 0.2) is 0 Å². The average molecular weight is 240 g/mol. The zero-order valence-electron chi connectivity index (χ0n) is 11.3. The summed E-state index contributed by atoms with van der Waals surface area (Å²) in [6, 6.07) is 13.0. The Kier molecular flexibility index (Phi) is 4.11. The van der Waals surface area contributed by atoms with Crippen molar-refractivity contribution in [2.75, 3.05) is 7.05 Å². The second-order valence-electron chi connectivity index (χ2n) is 4.73. The van der Waals surface area contributed by atoms with Gasteiger partial charge in [-0.1, -0.05) is 29.8 Å². The highest BCUT2D eigenvalue weighted by atomic mass is 14.9. The quantitative estimate of drug-likeness (QED) is 0.887. The Morgan fingerprint density at radius 1 is 1.17 bits per heavy atom. The molecule has 0 aliphatic heterocycles. The van der Waals surface area contributed by atoms with Gasteiger partial charge in [0.05, 0.1) is 0 Å². The van der Waals surface area contributed by atoms with Crippen LogP contribution in [0.15, 0.2) is 42.6 Å². The standard InChI is InChI=1S/C16H20N2/c1-12-7-8-13(2)15(10-12)16(17-3)11-14-6-4-5-9-18-14/h4-10,16-17H,11H2,1-3H3. The van der Waals surface area contributed by atoms with Gasteiger partial charge in [-0.25, -0.2) is 0 Å². The number of hydrogen-bond acceptors (Lipinski definition) is 2. The Morgan fingerprint density at radius 2 is 2.00 bits per heavy atom. The van der Waals surface area contributed by atoms with Gasteiger partial charge in [0.2, 0.25) is 0 Å². The van der Waals surface area contributed by atoms with Crippen molar-refractivity contribution in [2.24, 2.45) is 0 Å². The lowest BCUT2D eigenvalue weighted by Crippen LogP contribution is -2.20. The summed E-state index contributed by atoms with van der Waals surface area (Å²) in [5.74, 6) is 0. The van der Waals surface area contributed by atoms with E-state index in [0.717, 1.165) is 12.1 Å². The molecule has 2 nitrogen and oxygen atoms in total. The first kappa shape index (κ1) is 12.8. The van der Waals surface area contributed by atoms with E-state index < -0.39 is 0 Å². The van der Waals surface area contributed by atoms with Crippen molar-refractivity contribution in [3.05, 3.63) is 65.0 Å².